The number of hydrogen-bond acceptors (Lipinski definition) is 5. The Kier molecular flexibility index (Phi) is 7.60. The van der Waals surface area contributed by atoms with E-state index in [-0.39, 0.29) is 12.0 Å². The average molecular weight is 361 g/mol. The third-order valence-corrected chi connectivity index (χ3v) is 5.75. The number of nitrogens with zero attached hydrogens (tertiary/aromatic N) is 3. The minimum atomic E-state index is -3.62. The van der Waals surface area contributed by atoms with Gasteiger partial charge in [-0.2, -0.15) is 0 Å². The molecule has 1 heterocycles. The molecule has 1 rings (SSSR count). The van der Waals surface area contributed by atoms with Crippen LogP contribution in [0.25, 0.3) is 0 Å². The van der Waals surface area contributed by atoms with Crippen molar-refractivity contribution in [2.45, 2.75) is 66.1 Å². The van der Waals surface area contributed by atoms with Crippen molar-refractivity contribution in [1.82, 2.24) is 15.0 Å². The number of ether oxygens (including phenoxy) is 1. The van der Waals surface area contributed by atoms with Gasteiger partial charge in [-0.1, -0.05) is 26.0 Å². The molecule has 0 aromatic carbocycles. The second kappa shape index (κ2) is 8.56. The van der Waals surface area contributed by atoms with Gasteiger partial charge in [0.15, 0.2) is 0 Å². The highest BCUT2D eigenvalue weighted by molar-refractivity contribution is 7.54. The lowest BCUT2D eigenvalue weighted by Gasteiger charge is -2.24. The summed E-state index contributed by atoms with van der Waals surface area (Å²) in [5.41, 5.74) is 1.01. The summed E-state index contributed by atoms with van der Waals surface area (Å²) >= 11 is 0. The van der Waals surface area contributed by atoms with Crippen LogP contribution < -0.4 is 0 Å². The average Bonchev–Trinajstić information content (AvgIpc) is 2.83. The van der Waals surface area contributed by atoms with Crippen molar-refractivity contribution in [3.05, 3.63) is 11.9 Å². The Balaban J connectivity index is 2.28. The summed E-state index contributed by atoms with van der Waals surface area (Å²) in [7, 11) is -3.62. The van der Waals surface area contributed by atoms with Gasteiger partial charge in [0.25, 0.3) is 0 Å². The van der Waals surface area contributed by atoms with Crippen LogP contribution in [0.5, 0.6) is 0 Å². The van der Waals surface area contributed by atoms with E-state index < -0.39 is 12.8 Å². The van der Waals surface area contributed by atoms with Gasteiger partial charge in [-0.15, -0.1) is 5.10 Å². The van der Waals surface area contributed by atoms with Crippen molar-refractivity contribution in [3.8, 4) is 0 Å². The van der Waals surface area contributed by atoms with Crippen molar-refractivity contribution >= 4 is 7.60 Å². The fraction of sp³-hybridized carbons (Fsp3) is 0.875. The molecule has 0 bridgehead atoms. The van der Waals surface area contributed by atoms with Crippen LogP contribution in [-0.4, -0.2) is 44.9 Å². The maximum atomic E-state index is 12.0. The first-order valence-corrected chi connectivity index (χ1v) is 9.93. The molecule has 0 spiro atoms. The first kappa shape index (κ1) is 21.3. The molecule has 0 amide bonds. The van der Waals surface area contributed by atoms with Gasteiger partial charge in [-0.05, 0) is 32.6 Å². The molecule has 140 valence electrons. The molecule has 1 aromatic rings. The smallest absolute Gasteiger partial charge is 0.333 e. The van der Waals surface area contributed by atoms with E-state index in [9.17, 15) is 9.46 Å². The van der Waals surface area contributed by atoms with Gasteiger partial charge >= 0.3 is 7.60 Å². The van der Waals surface area contributed by atoms with E-state index in [0.717, 1.165) is 18.7 Å². The monoisotopic (exact) mass is 361 g/mol. The molecule has 0 radical (unpaired) electrons. The van der Waals surface area contributed by atoms with Crippen LogP contribution in [0.15, 0.2) is 6.20 Å². The zero-order chi connectivity index (χ0) is 18.4. The summed E-state index contributed by atoms with van der Waals surface area (Å²) in [6.45, 7) is 13.7. The van der Waals surface area contributed by atoms with E-state index in [1.165, 1.54) is 0 Å². The van der Waals surface area contributed by atoms with Gasteiger partial charge in [0.2, 0.25) is 0 Å². The summed E-state index contributed by atoms with van der Waals surface area (Å²) in [5, 5.41) is 7.29. The molecule has 1 aromatic heterocycles. The molecular formula is C16H32N3O4P. The molecule has 1 unspecified atom stereocenters. The Morgan fingerprint density at radius 2 is 1.83 bits per heavy atom. The van der Waals surface area contributed by atoms with Gasteiger partial charge in [-0.25, -0.2) is 4.68 Å². The van der Waals surface area contributed by atoms with E-state index in [1.54, 1.807) is 25.5 Å². The van der Waals surface area contributed by atoms with Crippen molar-refractivity contribution < 1.29 is 18.7 Å². The molecule has 8 heteroatoms. The van der Waals surface area contributed by atoms with Gasteiger partial charge in [0.1, 0.15) is 0 Å². The minimum absolute atomic E-state index is 0.145. The molecular weight excluding hydrogens is 329 g/mol. The second-order valence-electron chi connectivity index (χ2n) is 8.17. The molecule has 1 atom stereocenters. The zero-order valence-electron chi connectivity index (χ0n) is 15.8. The topological polar surface area (TPSA) is 86.5 Å². The first-order chi connectivity index (χ1) is 10.9. The van der Waals surface area contributed by atoms with E-state index in [2.05, 4.69) is 31.1 Å². The molecule has 0 saturated heterocycles. The highest BCUT2D eigenvalue weighted by Crippen LogP contribution is 2.54. The Bertz CT molecular complexity index is 546. The first-order valence-electron chi connectivity index (χ1n) is 8.35. The van der Waals surface area contributed by atoms with Crippen LogP contribution in [0.2, 0.25) is 0 Å². The van der Waals surface area contributed by atoms with Crippen LogP contribution in [0, 0.1) is 5.41 Å². The number of hydrogen-bond donors (Lipinski definition) is 1. The summed E-state index contributed by atoms with van der Waals surface area (Å²) in [6.07, 6.45) is 3.28. The molecule has 1 N–H and O–H groups in total. The molecule has 0 saturated carbocycles. The lowest BCUT2D eigenvalue weighted by atomic mass is 9.93. The third kappa shape index (κ3) is 7.88. The molecule has 24 heavy (non-hydrogen) atoms. The highest BCUT2D eigenvalue weighted by atomic mass is 31.2. The van der Waals surface area contributed by atoms with Crippen molar-refractivity contribution in [2.75, 3.05) is 19.8 Å². The Morgan fingerprint density at radius 3 is 2.42 bits per heavy atom. The van der Waals surface area contributed by atoms with E-state index in [1.807, 2.05) is 6.20 Å². The SMILES string of the molecule is CC(C)(C)CCOCCn1cc(CCOP(=O)(O)C(C)(C)C)nn1. The molecule has 7 nitrogen and oxygen atoms in total. The summed E-state index contributed by atoms with van der Waals surface area (Å²) in [4.78, 5) is 9.83. The standard InChI is InChI=1S/C16H32N3O4P/c1-15(2,3)8-11-22-12-9-19-13-14(17-18-19)7-10-23-24(20,21)16(4,5)6/h13H,7-12H2,1-6H3,(H,20,21). The predicted molar refractivity (Wildman–Crippen MR) is 94.1 cm³/mol. The lowest BCUT2D eigenvalue weighted by Crippen LogP contribution is -2.17. The van der Waals surface area contributed by atoms with Crippen molar-refractivity contribution in [2.24, 2.45) is 5.41 Å². The fourth-order valence-electron chi connectivity index (χ4n) is 1.67. The normalized spacial score (nSPS) is 15.5. The van der Waals surface area contributed by atoms with Crippen LogP contribution in [-0.2, 0) is 26.8 Å². The second-order valence-corrected chi connectivity index (χ2v) is 10.8. The predicted octanol–water partition coefficient (Wildman–Crippen LogP) is 3.27. The lowest BCUT2D eigenvalue weighted by molar-refractivity contribution is 0.0996. The van der Waals surface area contributed by atoms with Gasteiger partial charge < -0.3 is 14.2 Å². The van der Waals surface area contributed by atoms with E-state index >= 15 is 0 Å². The van der Waals surface area contributed by atoms with Crippen molar-refractivity contribution in [3.63, 3.8) is 0 Å². The number of aromatic nitrogens is 3. The maximum Gasteiger partial charge on any atom is 0.333 e. The van der Waals surface area contributed by atoms with Gasteiger partial charge in [-0.3, -0.25) is 4.57 Å². The Morgan fingerprint density at radius 1 is 1.17 bits per heavy atom. The molecule has 0 fully saturated rings. The van der Waals surface area contributed by atoms with Crippen LogP contribution in [0.1, 0.15) is 53.7 Å². The number of rotatable bonds is 9. The van der Waals surface area contributed by atoms with Crippen LogP contribution in [0.4, 0.5) is 0 Å². The van der Waals surface area contributed by atoms with Crippen LogP contribution >= 0.6 is 7.60 Å². The van der Waals surface area contributed by atoms with E-state index in [0.29, 0.717) is 19.6 Å². The summed E-state index contributed by atoms with van der Waals surface area (Å²) in [6, 6.07) is 0. The van der Waals surface area contributed by atoms with Gasteiger partial charge in [0, 0.05) is 19.2 Å². The third-order valence-electron chi connectivity index (χ3n) is 3.52. The largest absolute Gasteiger partial charge is 0.380 e. The summed E-state index contributed by atoms with van der Waals surface area (Å²) < 4.78 is 24.5. The van der Waals surface area contributed by atoms with Crippen molar-refractivity contribution in [1.29, 1.82) is 0 Å². The molecule has 0 aliphatic rings. The summed E-state index contributed by atoms with van der Waals surface area (Å²) in [5.74, 6) is 0. The maximum absolute atomic E-state index is 12.0. The quantitative estimate of drug-likeness (QED) is 0.537. The molecule has 0 aliphatic carbocycles. The zero-order valence-corrected chi connectivity index (χ0v) is 16.7. The van der Waals surface area contributed by atoms with Gasteiger partial charge in [0.05, 0.1) is 30.6 Å². The minimum Gasteiger partial charge on any atom is -0.380 e. The van der Waals surface area contributed by atoms with E-state index in [4.69, 9.17) is 9.26 Å². The fourth-order valence-corrected chi connectivity index (χ4v) is 2.39. The van der Waals surface area contributed by atoms with Crippen LogP contribution in [0.3, 0.4) is 0 Å². The molecule has 0 aliphatic heterocycles. The Labute approximate surface area is 145 Å². The Hall–Kier alpha value is -0.750. The highest BCUT2D eigenvalue weighted by Gasteiger charge is 2.35.